The molecule has 0 saturated carbocycles. The zero-order valence-electron chi connectivity index (χ0n) is 15.7. The lowest BCUT2D eigenvalue weighted by atomic mass is 9.87. The smallest absolute Gasteiger partial charge is 0.215 e. The van der Waals surface area contributed by atoms with Crippen molar-refractivity contribution in [1.29, 1.82) is 0 Å². The molecule has 1 saturated heterocycles. The van der Waals surface area contributed by atoms with Gasteiger partial charge in [0.2, 0.25) is 5.78 Å². The van der Waals surface area contributed by atoms with Crippen LogP contribution in [0, 0.1) is 5.41 Å². The van der Waals surface area contributed by atoms with Gasteiger partial charge in [0.05, 0.1) is 13.2 Å². The Balaban J connectivity index is 1.76. The van der Waals surface area contributed by atoms with E-state index in [0.29, 0.717) is 5.78 Å². The van der Waals surface area contributed by atoms with Crippen molar-refractivity contribution in [2.24, 2.45) is 5.41 Å². The fraction of sp³-hybridized carbons (Fsp3) is 0.409. The summed E-state index contributed by atoms with van der Waals surface area (Å²) in [5.41, 5.74) is 0.802. The van der Waals surface area contributed by atoms with Crippen LogP contribution in [0.3, 0.4) is 0 Å². The summed E-state index contributed by atoms with van der Waals surface area (Å²) in [7, 11) is 0.101. The molecule has 1 fully saturated rings. The summed E-state index contributed by atoms with van der Waals surface area (Å²) in [6.07, 6.45) is 0. The van der Waals surface area contributed by atoms with Gasteiger partial charge in [-0.15, -0.1) is 0 Å². The van der Waals surface area contributed by atoms with E-state index in [2.05, 4.69) is 45.0 Å². The first kappa shape index (κ1) is 19.5. The minimum absolute atomic E-state index is 0.0327. The fourth-order valence-electron chi connectivity index (χ4n) is 3.28. The van der Waals surface area contributed by atoms with Crippen molar-refractivity contribution in [1.82, 2.24) is 0 Å². The summed E-state index contributed by atoms with van der Waals surface area (Å²) in [6, 6.07) is 18.4. The number of benzene rings is 2. The first-order chi connectivity index (χ1) is 12.4. The van der Waals surface area contributed by atoms with Crippen molar-refractivity contribution in [2.75, 3.05) is 24.7 Å². The molecule has 0 spiro atoms. The minimum Gasteiger partial charge on any atom is -0.372 e. The van der Waals surface area contributed by atoms with Crippen LogP contribution in [0.4, 0.5) is 0 Å². The highest BCUT2D eigenvalue weighted by Gasteiger charge is 2.46. The van der Waals surface area contributed by atoms with Gasteiger partial charge in [0.15, 0.2) is 5.25 Å². The van der Waals surface area contributed by atoms with Gasteiger partial charge in [-0.05, 0) is 24.3 Å². The first-order valence-electron chi connectivity index (χ1n) is 9.06. The quantitative estimate of drug-likeness (QED) is 0.528. The van der Waals surface area contributed by atoms with E-state index in [-0.39, 0.29) is 21.6 Å². The van der Waals surface area contributed by atoms with Crippen molar-refractivity contribution in [3.05, 3.63) is 60.2 Å². The molecule has 0 amide bonds. The van der Waals surface area contributed by atoms with E-state index in [1.165, 1.54) is 4.90 Å². The molecule has 2 aromatic rings. The van der Waals surface area contributed by atoms with E-state index in [1.54, 1.807) is 11.8 Å². The Morgan fingerprint density at radius 2 is 1.54 bits per heavy atom. The topological polar surface area (TPSA) is 26.3 Å². The molecule has 1 aliphatic rings. The zero-order chi connectivity index (χ0) is 18.6. The maximum absolute atomic E-state index is 13.3. The minimum atomic E-state index is -0.0327. The fourth-order valence-corrected chi connectivity index (χ4v) is 6.90. The molecule has 2 aromatic carbocycles. The third kappa shape index (κ3) is 4.93. The number of ketones is 1. The molecule has 0 N–H and O–H groups in total. The Morgan fingerprint density at radius 3 is 2.12 bits per heavy atom. The van der Waals surface area contributed by atoms with Crippen LogP contribution in [0.1, 0.15) is 31.1 Å². The highest BCUT2D eigenvalue weighted by molar-refractivity contribution is 7.99. The molecule has 3 rings (SSSR count). The number of hydrogen-bond donors (Lipinski definition) is 0. The van der Waals surface area contributed by atoms with Crippen molar-refractivity contribution in [3.63, 3.8) is 0 Å². The molecule has 2 nitrogen and oxygen atoms in total. The van der Waals surface area contributed by atoms with Crippen molar-refractivity contribution in [3.8, 4) is 0 Å². The molecule has 26 heavy (non-hydrogen) atoms. The van der Waals surface area contributed by atoms with Crippen LogP contribution in [0.5, 0.6) is 0 Å². The van der Waals surface area contributed by atoms with Crippen molar-refractivity contribution >= 4 is 28.4 Å². The Hall–Kier alpha value is -1.23. The van der Waals surface area contributed by atoms with Crippen molar-refractivity contribution in [2.45, 2.75) is 35.8 Å². The second-order valence-electron chi connectivity index (χ2n) is 7.61. The number of carbonyl (C=O) groups excluding carboxylic acids is 1. The lowest BCUT2D eigenvalue weighted by Crippen LogP contribution is -2.47. The second kappa shape index (κ2) is 8.64. The summed E-state index contributed by atoms with van der Waals surface area (Å²) in [5, 5.41) is 0.0685. The zero-order valence-corrected chi connectivity index (χ0v) is 17.4. The monoisotopic (exact) mass is 387 g/mol. The van der Waals surface area contributed by atoms with Crippen LogP contribution < -0.4 is 0 Å². The van der Waals surface area contributed by atoms with E-state index in [4.69, 9.17) is 4.74 Å². The highest BCUT2D eigenvalue weighted by atomic mass is 32.2. The molecule has 1 heterocycles. The summed E-state index contributed by atoms with van der Waals surface area (Å²) >= 11 is 1.72. The molecular formula is C22H27O2S2+. The molecule has 0 aromatic heterocycles. The molecule has 1 aliphatic heterocycles. The summed E-state index contributed by atoms with van der Waals surface area (Å²) < 4.78 is 5.51. The van der Waals surface area contributed by atoms with E-state index in [9.17, 15) is 4.79 Å². The van der Waals surface area contributed by atoms with Crippen LogP contribution in [0.2, 0.25) is 0 Å². The summed E-state index contributed by atoms with van der Waals surface area (Å²) in [4.78, 5) is 15.7. The van der Waals surface area contributed by atoms with Gasteiger partial charge in [0.25, 0.3) is 0 Å². The van der Waals surface area contributed by atoms with E-state index >= 15 is 0 Å². The van der Waals surface area contributed by atoms with E-state index < -0.39 is 0 Å². The van der Waals surface area contributed by atoms with Crippen LogP contribution in [-0.2, 0) is 15.6 Å². The number of rotatable bonds is 5. The largest absolute Gasteiger partial charge is 0.372 e. The van der Waals surface area contributed by atoms with Gasteiger partial charge < -0.3 is 4.74 Å². The van der Waals surface area contributed by atoms with Crippen LogP contribution in [-0.4, -0.2) is 35.8 Å². The SMILES string of the molecule is CC(C)(C)C(C(=O)c1ccc(Sc2ccccc2)cc1)[S+]1CCOCC1. The number of Topliss-reactive ketones (excluding diaryl/α,β-unsaturated/α-hetero) is 1. The third-order valence-corrected chi connectivity index (χ3v) is 8.44. The van der Waals surface area contributed by atoms with Gasteiger partial charge in [-0.25, -0.2) is 0 Å². The average molecular weight is 388 g/mol. The Morgan fingerprint density at radius 1 is 0.962 bits per heavy atom. The number of ether oxygens (including phenoxy) is 1. The molecular weight excluding hydrogens is 360 g/mol. The van der Waals surface area contributed by atoms with Gasteiger partial charge in [-0.2, -0.15) is 0 Å². The maximum Gasteiger partial charge on any atom is 0.215 e. The lowest BCUT2D eigenvalue weighted by Gasteiger charge is -2.31. The second-order valence-corrected chi connectivity index (χ2v) is 11.1. The first-order valence-corrected chi connectivity index (χ1v) is 11.5. The predicted octanol–water partition coefficient (Wildman–Crippen LogP) is 5.08. The third-order valence-electron chi connectivity index (χ3n) is 4.46. The van der Waals surface area contributed by atoms with Gasteiger partial charge in [0.1, 0.15) is 11.5 Å². The van der Waals surface area contributed by atoms with Crippen LogP contribution in [0.25, 0.3) is 0 Å². The normalized spacial score (nSPS) is 17.0. The van der Waals surface area contributed by atoms with Gasteiger partial charge in [-0.3, -0.25) is 4.79 Å². The molecule has 1 atom stereocenters. The maximum atomic E-state index is 13.3. The summed E-state index contributed by atoms with van der Waals surface area (Å²) in [6.45, 7) is 8.15. The molecule has 0 bridgehead atoms. The summed E-state index contributed by atoms with van der Waals surface area (Å²) in [5.74, 6) is 2.31. The molecule has 1 unspecified atom stereocenters. The Kier molecular flexibility index (Phi) is 6.49. The van der Waals surface area contributed by atoms with Crippen LogP contribution in [0.15, 0.2) is 64.4 Å². The van der Waals surface area contributed by atoms with Gasteiger partial charge in [0, 0.05) is 31.7 Å². The van der Waals surface area contributed by atoms with Gasteiger partial charge in [-0.1, -0.05) is 62.9 Å². The Labute approximate surface area is 164 Å². The molecule has 4 heteroatoms. The Bertz CT molecular complexity index is 714. The standard InChI is InChI=1S/C22H27O2S2/c1-22(2,3)21(26-15-13-24-14-16-26)20(23)17-9-11-19(12-10-17)25-18-7-5-4-6-8-18/h4-12,21H,13-16H2,1-3H3/q+1. The molecule has 0 aliphatic carbocycles. The predicted molar refractivity (Wildman–Crippen MR) is 112 cm³/mol. The number of carbonyl (C=O) groups is 1. The van der Waals surface area contributed by atoms with Crippen LogP contribution >= 0.6 is 11.8 Å². The average Bonchev–Trinajstić information content (AvgIpc) is 2.63. The van der Waals surface area contributed by atoms with Crippen molar-refractivity contribution < 1.29 is 9.53 Å². The molecule has 0 radical (unpaired) electrons. The lowest BCUT2D eigenvalue weighted by molar-refractivity contribution is 0.0946. The highest BCUT2D eigenvalue weighted by Crippen LogP contribution is 2.33. The van der Waals surface area contributed by atoms with E-state index in [1.807, 2.05) is 30.3 Å². The van der Waals surface area contributed by atoms with E-state index in [0.717, 1.165) is 35.2 Å². The number of hydrogen-bond acceptors (Lipinski definition) is 3. The molecule has 138 valence electrons. The van der Waals surface area contributed by atoms with Gasteiger partial charge >= 0.3 is 0 Å².